The second-order valence-electron chi connectivity index (χ2n) is 2.10. The van der Waals surface area contributed by atoms with Crippen molar-refractivity contribution in [3.05, 3.63) is 0 Å². The molecule has 1 nitrogen and oxygen atoms in total. The van der Waals surface area contributed by atoms with Gasteiger partial charge in [-0.3, -0.25) is 0 Å². The summed E-state index contributed by atoms with van der Waals surface area (Å²) in [6.45, 7) is 5.34. The average Bonchev–Trinajstić information content (AvgIpc) is 1.89. The average molecular weight is 144 g/mol. The summed E-state index contributed by atoms with van der Waals surface area (Å²) in [5, 5.41) is 0. The Morgan fingerprint density at radius 3 is 2.56 bits per heavy atom. The van der Waals surface area contributed by atoms with Crippen molar-refractivity contribution >= 4 is 9.76 Å². The molecule has 0 bridgehead atoms. The van der Waals surface area contributed by atoms with E-state index in [9.17, 15) is 0 Å². The molecule has 0 fully saturated rings. The van der Waals surface area contributed by atoms with Gasteiger partial charge in [-0.05, 0) is 12.5 Å². The van der Waals surface area contributed by atoms with Crippen LogP contribution < -0.4 is 0 Å². The molecule has 0 aromatic carbocycles. The van der Waals surface area contributed by atoms with E-state index in [2.05, 4.69) is 13.8 Å². The van der Waals surface area contributed by atoms with Gasteiger partial charge < -0.3 is 4.43 Å². The van der Waals surface area contributed by atoms with Crippen LogP contribution >= 0.6 is 0 Å². The van der Waals surface area contributed by atoms with E-state index >= 15 is 0 Å². The minimum Gasteiger partial charge on any atom is -0.417 e. The van der Waals surface area contributed by atoms with Crippen LogP contribution in [0.3, 0.4) is 0 Å². The largest absolute Gasteiger partial charge is 0.417 e. The smallest absolute Gasteiger partial charge is 0.229 e. The Kier molecular flexibility index (Phi) is 8.34. The molecule has 0 N–H and O–H groups in total. The Morgan fingerprint density at radius 1 is 1.22 bits per heavy atom. The zero-order valence-electron chi connectivity index (χ0n) is 6.44. The van der Waals surface area contributed by atoms with Crippen molar-refractivity contribution in [2.45, 2.75) is 39.2 Å². The lowest BCUT2D eigenvalue weighted by Gasteiger charge is -1.97. The van der Waals surface area contributed by atoms with E-state index in [1.54, 1.807) is 0 Å². The van der Waals surface area contributed by atoms with Gasteiger partial charge in [0, 0.05) is 6.61 Å². The molecular formula is C7H16OSi. The first kappa shape index (κ1) is 9.18. The highest BCUT2D eigenvalue weighted by Crippen LogP contribution is 1.90. The van der Waals surface area contributed by atoms with E-state index in [1.807, 2.05) is 0 Å². The Bertz CT molecular complexity index is 42.2. The summed E-state index contributed by atoms with van der Waals surface area (Å²) < 4.78 is 5.34. The molecule has 9 heavy (non-hydrogen) atoms. The maximum absolute atomic E-state index is 5.34. The molecule has 0 heterocycles. The lowest BCUT2D eigenvalue weighted by Crippen LogP contribution is -1.98. The molecule has 0 aromatic rings. The maximum atomic E-state index is 5.34. The molecule has 2 heteroatoms. The summed E-state index contributed by atoms with van der Waals surface area (Å²) >= 11 is 0. The van der Waals surface area contributed by atoms with Gasteiger partial charge in [-0.25, -0.2) is 0 Å². The van der Waals surface area contributed by atoms with Crippen molar-refractivity contribution < 1.29 is 4.43 Å². The second kappa shape index (κ2) is 8.18. The van der Waals surface area contributed by atoms with Crippen LogP contribution in [-0.2, 0) is 4.43 Å². The number of hydrogen-bond donors (Lipinski definition) is 0. The molecule has 0 rings (SSSR count). The van der Waals surface area contributed by atoms with Gasteiger partial charge in [0.15, 0.2) is 0 Å². The van der Waals surface area contributed by atoms with Crippen molar-refractivity contribution in [1.82, 2.24) is 0 Å². The predicted molar refractivity (Wildman–Crippen MR) is 41.7 cm³/mol. The molecule has 0 aromatic heterocycles. The Morgan fingerprint density at radius 2 is 2.00 bits per heavy atom. The molecular weight excluding hydrogens is 128 g/mol. The monoisotopic (exact) mass is 144 g/mol. The Balaban J connectivity index is 2.60. The fourth-order valence-electron chi connectivity index (χ4n) is 0.463. The summed E-state index contributed by atoms with van der Waals surface area (Å²) in [6.07, 6.45) is 3.72. The summed E-state index contributed by atoms with van der Waals surface area (Å²) in [4.78, 5) is 0. The lowest BCUT2D eigenvalue weighted by atomic mass is 10.4. The van der Waals surface area contributed by atoms with E-state index in [0.717, 1.165) is 16.4 Å². The fourth-order valence-corrected chi connectivity index (χ4v) is 1.10. The standard InChI is InChI=1S/C7H16OSi/c1-3-5-6-8-9-7-4-2/h3-7H2,1-2H3. The van der Waals surface area contributed by atoms with E-state index in [-0.39, 0.29) is 0 Å². The van der Waals surface area contributed by atoms with Crippen molar-refractivity contribution in [3.8, 4) is 0 Å². The zero-order chi connectivity index (χ0) is 6.95. The molecule has 0 saturated carbocycles. The van der Waals surface area contributed by atoms with Crippen LogP contribution in [0.2, 0.25) is 6.04 Å². The SMILES string of the molecule is CCCCO[Si]CCC. The second-order valence-corrected chi connectivity index (χ2v) is 3.17. The Hall–Kier alpha value is 0.177. The first-order valence-corrected chi connectivity index (χ1v) is 4.88. The molecule has 0 spiro atoms. The van der Waals surface area contributed by atoms with E-state index in [4.69, 9.17) is 4.43 Å². The molecule has 0 amide bonds. The highest BCUT2D eigenvalue weighted by molar-refractivity contribution is 6.26. The molecule has 0 aliphatic heterocycles. The Labute approximate surface area is 60.7 Å². The predicted octanol–water partition coefficient (Wildman–Crippen LogP) is 2.25. The minimum absolute atomic E-state index is 0.742. The van der Waals surface area contributed by atoms with Crippen LogP contribution in [0.4, 0.5) is 0 Å². The van der Waals surface area contributed by atoms with Gasteiger partial charge in [-0.2, -0.15) is 0 Å². The molecule has 0 atom stereocenters. The van der Waals surface area contributed by atoms with E-state index < -0.39 is 0 Å². The van der Waals surface area contributed by atoms with Gasteiger partial charge in [0.2, 0.25) is 9.76 Å². The summed E-state index contributed by atoms with van der Waals surface area (Å²) in [5.41, 5.74) is 0. The van der Waals surface area contributed by atoms with Crippen molar-refractivity contribution in [2.24, 2.45) is 0 Å². The van der Waals surface area contributed by atoms with Crippen LogP contribution in [0.1, 0.15) is 33.1 Å². The summed E-state index contributed by atoms with van der Waals surface area (Å²) in [6, 6.07) is 1.24. The molecule has 0 unspecified atom stereocenters. The van der Waals surface area contributed by atoms with Crippen LogP contribution in [0.15, 0.2) is 0 Å². The zero-order valence-corrected chi connectivity index (χ0v) is 7.44. The molecule has 0 saturated heterocycles. The van der Waals surface area contributed by atoms with Crippen LogP contribution in [0.25, 0.3) is 0 Å². The molecule has 54 valence electrons. The quantitative estimate of drug-likeness (QED) is 0.410. The van der Waals surface area contributed by atoms with Gasteiger partial charge in [0.25, 0.3) is 0 Å². The fraction of sp³-hybridized carbons (Fsp3) is 1.00. The van der Waals surface area contributed by atoms with E-state index in [1.165, 1.54) is 25.3 Å². The van der Waals surface area contributed by atoms with Gasteiger partial charge in [-0.1, -0.05) is 26.7 Å². The van der Waals surface area contributed by atoms with Gasteiger partial charge in [0.05, 0.1) is 0 Å². The van der Waals surface area contributed by atoms with Crippen LogP contribution in [-0.4, -0.2) is 16.4 Å². The third kappa shape index (κ3) is 8.18. The van der Waals surface area contributed by atoms with Gasteiger partial charge in [-0.15, -0.1) is 0 Å². The van der Waals surface area contributed by atoms with Gasteiger partial charge in [0.1, 0.15) is 0 Å². The third-order valence-electron chi connectivity index (χ3n) is 1.05. The molecule has 0 aliphatic rings. The topological polar surface area (TPSA) is 9.23 Å². The highest BCUT2D eigenvalue weighted by Gasteiger charge is 1.87. The van der Waals surface area contributed by atoms with Crippen molar-refractivity contribution in [3.63, 3.8) is 0 Å². The van der Waals surface area contributed by atoms with Gasteiger partial charge >= 0.3 is 0 Å². The maximum Gasteiger partial charge on any atom is 0.229 e. The lowest BCUT2D eigenvalue weighted by molar-refractivity contribution is 0.325. The van der Waals surface area contributed by atoms with Crippen LogP contribution in [0.5, 0.6) is 0 Å². The third-order valence-corrected chi connectivity index (χ3v) is 2.17. The van der Waals surface area contributed by atoms with Crippen LogP contribution in [0, 0.1) is 0 Å². The van der Waals surface area contributed by atoms with Crippen molar-refractivity contribution in [2.75, 3.05) is 6.61 Å². The number of hydrogen-bond acceptors (Lipinski definition) is 1. The molecule has 0 aliphatic carbocycles. The minimum atomic E-state index is 0.742. The highest BCUT2D eigenvalue weighted by atomic mass is 28.2. The first-order chi connectivity index (χ1) is 4.41. The number of unbranched alkanes of at least 4 members (excludes halogenated alkanes) is 1. The number of rotatable bonds is 6. The summed E-state index contributed by atoms with van der Waals surface area (Å²) in [7, 11) is 0.742. The normalized spacial score (nSPS) is 10.0. The van der Waals surface area contributed by atoms with Crippen molar-refractivity contribution in [1.29, 1.82) is 0 Å². The summed E-state index contributed by atoms with van der Waals surface area (Å²) in [5.74, 6) is 0. The molecule has 2 radical (unpaired) electrons. The van der Waals surface area contributed by atoms with E-state index in [0.29, 0.717) is 0 Å². The first-order valence-electron chi connectivity index (χ1n) is 3.76.